The molecule has 1 aliphatic heterocycles. The molecule has 6 nitrogen and oxygen atoms in total. The molecule has 0 spiro atoms. The second kappa shape index (κ2) is 7.59. The van der Waals surface area contributed by atoms with E-state index in [0.717, 1.165) is 22.5 Å². The molecule has 1 fully saturated rings. The molecule has 10 heteroatoms. The van der Waals surface area contributed by atoms with Crippen molar-refractivity contribution in [1.29, 1.82) is 0 Å². The predicted octanol–water partition coefficient (Wildman–Crippen LogP) is 3.01. The van der Waals surface area contributed by atoms with Crippen LogP contribution in [-0.2, 0) is 22.6 Å². The van der Waals surface area contributed by atoms with Gasteiger partial charge in [0, 0.05) is 32.6 Å². The Morgan fingerprint density at radius 2 is 1.79 bits per heavy atom. The van der Waals surface area contributed by atoms with E-state index >= 15 is 0 Å². The van der Waals surface area contributed by atoms with Gasteiger partial charge in [0.1, 0.15) is 5.76 Å². The molecule has 2 aromatic rings. The van der Waals surface area contributed by atoms with E-state index in [-0.39, 0.29) is 37.8 Å². The Morgan fingerprint density at radius 3 is 2.36 bits per heavy atom. The number of nitrogens with zero attached hydrogens (tertiary/aromatic N) is 2. The van der Waals surface area contributed by atoms with Crippen LogP contribution < -0.4 is 0 Å². The third-order valence-corrected chi connectivity index (χ3v) is 6.44. The summed E-state index contributed by atoms with van der Waals surface area (Å²) >= 11 is 0. The molecule has 1 saturated heterocycles. The number of carbonyl (C=O) groups is 1. The highest BCUT2D eigenvalue weighted by Gasteiger charge is 2.34. The largest absolute Gasteiger partial charge is 0.456 e. The van der Waals surface area contributed by atoms with E-state index in [1.54, 1.807) is 12.1 Å². The normalized spacial score (nSPS) is 16.4. The van der Waals surface area contributed by atoms with Crippen molar-refractivity contribution < 1.29 is 30.8 Å². The number of piperazine rings is 1. The van der Waals surface area contributed by atoms with Crippen LogP contribution in [0.3, 0.4) is 0 Å². The van der Waals surface area contributed by atoms with Gasteiger partial charge in [-0.3, -0.25) is 4.79 Å². The quantitative estimate of drug-likeness (QED) is 0.768. The number of sulfonamides is 1. The molecule has 3 rings (SSSR count). The van der Waals surface area contributed by atoms with Crippen LogP contribution in [-0.4, -0.2) is 49.7 Å². The van der Waals surface area contributed by atoms with Crippen molar-refractivity contribution in [3.63, 3.8) is 0 Å². The van der Waals surface area contributed by atoms with Gasteiger partial charge in [-0.1, -0.05) is 13.0 Å². The van der Waals surface area contributed by atoms with Crippen LogP contribution in [0.15, 0.2) is 45.7 Å². The van der Waals surface area contributed by atoms with Crippen molar-refractivity contribution >= 4 is 15.9 Å². The van der Waals surface area contributed by atoms with Crippen molar-refractivity contribution in [2.45, 2.75) is 24.4 Å². The summed E-state index contributed by atoms with van der Waals surface area (Å²) < 4.78 is 70.5. The zero-order valence-electron chi connectivity index (χ0n) is 15.1. The maximum absolute atomic E-state index is 12.9. The van der Waals surface area contributed by atoms with E-state index in [0.29, 0.717) is 18.2 Å². The van der Waals surface area contributed by atoms with E-state index in [2.05, 4.69) is 0 Å². The number of aryl methyl sites for hydroxylation is 1. The highest BCUT2D eigenvalue weighted by atomic mass is 32.2. The van der Waals surface area contributed by atoms with E-state index in [1.807, 2.05) is 6.92 Å². The fraction of sp³-hybridized carbons (Fsp3) is 0.389. The lowest BCUT2D eigenvalue weighted by Crippen LogP contribution is -2.50. The van der Waals surface area contributed by atoms with Gasteiger partial charge in [-0.25, -0.2) is 8.42 Å². The topological polar surface area (TPSA) is 70.8 Å². The first-order valence-corrected chi connectivity index (χ1v) is 10.1. The first-order chi connectivity index (χ1) is 13.1. The molecular formula is C18H19F3N2O4S. The fourth-order valence-electron chi connectivity index (χ4n) is 2.95. The van der Waals surface area contributed by atoms with Gasteiger partial charge in [-0.05, 0) is 30.3 Å². The summed E-state index contributed by atoms with van der Waals surface area (Å²) in [6.45, 7) is 2.13. The van der Waals surface area contributed by atoms with Crippen molar-refractivity contribution in [1.82, 2.24) is 9.21 Å². The summed E-state index contributed by atoms with van der Waals surface area (Å²) in [6, 6.07) is 6.94. The molecular weight excluding hydrogens is 397 g/mol. The van der Waals surface area contributed by atoms with Crippen molar-refractivity contribution in [3.8, 4) is 0 Å². The Hall–Kier alpha value is -2.33. The average Bonchev–Trinajstić information content (AvgIpc) is 3.16. The Balaban J connectivity index is 1.71. The van der Waals surface area contributed by atoms with Gasteiger partial charge in [0.15, 0.2) is 5.76 Å². The van der Waals surface area contributed by atoms with Gasteiger partial charge < -0.3 is 9.32 Å². The lowest BCUT2D eigenvalue weighted by Gasteiger charge is -2.33. The maximum atomic E-state index is 12.9. The Labute approximate surface area is 160 Å². The lowest BCUT2D eigenvalue weighted by atomic mass is 10.2. The van der Waals surface area contributed by atoms with Crippen LogP contribution in [0.5, 0.6) is 0 Å². The maximum Gasteiger partial charge on any atom is 0.416 e. The average molecular weight is 416 g/mol. The van der Waals surface area contributed by atoms with E-state index in [1.165, 1.54) is 4.90 Å². The summed E-state index contributed by atoms with van der Waals surface area (Å²) in [5, 5.41) is 0. The Bertz CT molecular complexity index is 961. The minimum atomic E-state index is -4.63. The number of halogens is 3. The Morgan fingerprint density at radius 1 is 1.11 bits per heavy atom. The van der Waals surface area contributed by atoms with Crippen LogP contribution in [0, 0.1) is 0 Å². The number of amides is 1. The molecule has 1 aliphatic rings. The van der Waals surface area contributed by atoms with Crippen molar-refractivity contribution in [2.24, 2.45) is 0 Å². The molecule has 1 aromatic heterocycles. The standard InChI is InChI=1S/C18H19F3N2O4S/c1-2-14-6-7-16(27-14)17(24)22-8-10-23(11-9-22)28(25,26)15-5-3-4-13(12-15)18(19,20)21/h3-7,12H,2,8-11H2,1H3. The first-order valence-electron chi connectivity index (χ1n) is 8.68. The smallest absolute Gasteiger partial charge is 0.416 e. The number of benzene rings is 1. The van der Waals surface area contributed by atoms with Gasteiger partial charge in [0.2, 0.25) is 10.0 Å². The van der Waals surface area contributed by atoms with Gasteiger partial charge in [-0.2, -0.15) is 17.5 Å². The summed E-state index contributed by atoms with van der Waals surface area (Å²) in [5.41, 5.74) is -1.02. The zero-order valence-corrected chi connectivity index (χ0v) is 15.9. The molecule has 0 N–H and O–H groups in total. The summed E-state index contributed by atoms with van der Waals surface area (Å²) in [7, 11) is -4.09. The highest BCUT2D eigenvalue weighted by molar-refractivity contribution is 7.89. The van der Waals surface area contributed by atoms with Crippen LogP contribution in [0.2, 0.25) is 0 Å². The second-order valence-electron chi connectivity index (χ2n) is 6.34. The molecule has 0 aliphatic carbocycles. The first kappa shape index (κ1) is 20.4. The summed E-state index contributed by atoms with van der Waals surface area (Å²) in [6.07, 6.45) is -3.98. The molecule has 28 heavy (non-hydrogen) atoms. The molecule has 0 unspecified atom stereocenters. The SMILES string of the molecule is CCc1ccc(C(=O)N2CCN(S(=O)(=O)c3cccc(C(F)(F)F)c3)CC2)o1. The van der Waals surface area contributed by atoms with E-state index < -0.39 is 26.7 Å². The zero-order chi connectivity index (χ0) is 20.5. The summed E-state index contributed by atoms with van der Waals surface area (Å²) in [5.74, 6) is 0.524. The number of hydrogen-bond acceptors (Lipinski definition) is 4. The van der Waals surface area contributed by atoms with Crippen molar-refractivity contribution in [2.75, 3.05) is 26.2 Å². The molecule has 1 amide bonds. The van der Waals surface area contributed by atoms with Crippen LogP contribution in [0.1, 0.15) is 28.8 Å². The second-order valence-corrected chi connectivity index (χ2v) is 8.28. The number of rotatable bonds is 4. The summed E-state index contributed by atoms with van der Waals surface area (Å²) in [4.78, 5) is 13.5. The number of carbonyl (C=O) groups excluding carboxylic acids is 1. The minimum Gasteiger partial charge on any atom is -0.456 e. The monoisotopic (exact) mass is 416 g/mol. The van der Waals surface area contributed by atoms with Crippen LogP contribution in [0.25, 0.3) is 0 Å². The van der Waals surface area contributed by atoms with Crippen molar-refractivity contribution in [3.05, 3.63) is 53.5 Å². The molecule has 0 atom stereocenters. The number of hydrogen-bond donors (Lipinski definition) is 0. The Kier molecular flexibility index (Phi) is 5.53. The van der Waals surface area contributed by atoms with E-state index in [4.69, 9.17) is 4.42 Å². The third kappa shape index (κ3) is 4.07. The molecule has 2 heterocycles. The molecule has 0 saturated carbocycles. The molecule has 0 bridgehead atoms. The third-order valence-electron chi connectivity index (χ3n) is 4.55. The predicted molar refractivity (Wildman–Crippen MR) is 94.2 cm³/mol. The number of alkyl halides is 3. The van der Waals surface area contributed by atoms with Gasteiger partial charge in [-0.15, -0.1) is 0 Å². The van der Waals surface area contributed by atoms with Crippen LogP contribution >= 0.6 is 0 Å². The highest BCUT2D eigenvalue weighted by Crippen LogP contribution is 2.31. The van der Waals surface area contributed by atoms with Gasteiger partial charge >= 0.3 is 6.18 Å². The molecule has 1 aromatic carbocycles. The van der Waals surface area contributed by atoms with Gasteiger partial charge in [0.25, 0.3) is 5.91 Å². The molecule has 152 valence electrons. The molecule has 0 radical (unpaired) electrons. The van der Waals surface area contributed by atoms with Crippen LogP contribution in [0.4, 0.5) is 13.2 Å². The fourth-order valence-corrected chi connectivity index (χ4v) is 4.42. The lowest BCUT2D eigenvalue weighted by molar-refractivity contribution is -0.137. The number of furan rings is 1. The van der Waals surface area contributed by atoms with E-state index in [9.17, 15) is 26.4 Å². The van der Waals surface area contributed by atoms with Gasteiger partial charge in [0.05, 0.1) is 10.5 Å². The minimum absolute atomic E-state index is 0.00827.